The number of nitrogens with zero attached hydrogens (tertiary/aromatic N) is 1. The van der Waals surface area contributed by atoms with E-state index in [4.69, 9.17) is 16.9 Å². The van der Waals surface area contributed by atoms with Crippen molar-refractivity contribution in [2.45, 2.75) is 11.3 Å². The molecule has 1 aromatic rings. The van der Waals surface area contributed by atoms with Crippen LogP contribution < -0.4 is 9.44 Å². The van der Waals surface area contributed by atoms with Crippen molar-refractivity contribution in [1.29, 1.82) is 5.26 Å². The molecular formula is C11H14ClN3O4S2. The van der Waals surface area contributed by atoms with Gasteiger partial charge in [0.2, 0.25) is 20.0 Å². The average molecular weight is 352 g/mol. The second kappa shape index (κ2) is 7.20. The van der Waals surface area contributed by atoms with Crippen LogP contribution in [0.25, 0.3) is 0 Å². The molecule has 1 rings (SSSR count). The summed E-state index contributed by atoms with van der Waals surface area (Å²) in [5.74, 6) is 0. The van der Waals surface area contributed by atoms with E-state index in [1.807, 2.05) is 6.07 Å². The average Bonchev–Trinajstić information content (AvgIpc) is 2.37. The lowest BCUT2D eigenvalue weighted by Crippen LogP contribution is -2.29. The highest BCUT2D eigenvalue weighted by Crippen LogP contribution is 2.22. The second-order valence-electron chi connectivity index (χ2n) is 4.17. The van der Waals surface area contributed by atoms with E-state index in [0.29, 0.717) is 0 Å². The molecule has 0 bridgehead atoms. The quantitative estimate of drug-likeness (QED) is 0.691. The maximum atomic E-state index is 12.0. The Bertz CT molecular complexity index is 754. The first-order valence-corrected chi connectivity index (χ1v) is 9.55. The third-order valence-corrected chi connectivity index (χ3v) is 5.03. The van der Waals surface area contributed by atoms with Gasteiger partial charge in [0.25, 0.3) is 0 Å². The van der Waals surface area contributed by atoms with Crippen LogP contribution in [-0.4, -0.2) is 36.2 Å². The van der Waals surface area contributed by atoms with E-state index in [0.717, 1.165) is 6.26 Å². The van der Waals surface area contributed by atoms with Gasteiger partial charge in [-0.05, 0) is 24.6 Å². The molecule has 0 aliphatic carbocycles. The van der Waals surface area contributed by atoms with Gasteiger partial charge in [-0.3, -0.25) is 0 Å². The highest BCUT2D eigenvalue weighted by molar-refractivity contribution is 7.89. The number of hydrogen-bond acceptors (Lipinski definition) is 5. The third-order valence-electron chi connectivity index (χ3n) is 2.36. The molecule has 2 N–H and O–H groups in total. The monoisotopic (exact) mass is 351 g/mol. The van der Waals surface area contributed by atoms with E-state index in [1.54, 1.807) is 0 Å². The molecular weight excluding hydrogens is 338 g/mol. The molecule has 0 heterocycles. The molecule has 0 atom stereocenters. The number of sulfonamides is 2. The molecule has 0 fully saturated rings. The summed E-state index contributed by atoms with van der Waals surface area (Å²) in [4.78, 5) is -0.181. The molecule has 0 saturated carbocycles. The number of hydrogen-bond donors (Lipinski definition) is 2. The summed E-state index contributed by atoms with van der Waals surface area (Å²) < 4.78 is 50.3. The van der Waals surface area contributed by atoms with Gasteiger partial charge < -0.3 is 0 Å². The SMILES string of the molecule is CS(=O)(=O)NCCCNS(=O)(=O)c1cc(C#N)ccc1Cl. The predicted octanol–water partition coefficient (Wildman–Crippen LogP) is 0.429. The molecule has 0 aliphatic heterocycles. The van der Waals surface area contributed by atoms with E-state index >= 15 is 0 Å². The fraction of sp³-hybridized carbons (Fsp3) is 0.364. The van der Waals surface area contributed by atoms with Crippen LogP contribution in [0.1, 0.15) is 12.0 Å². The molecule has 1 aromatic carbocycles. The Labute approximate surface area is 129 Å². The van der Waals surface area contributed by atoms with Crippen molar-refractivity contribution >= 4 is 31.6 Å². The zero-order valence-electron chi connectivity index (χ0n) is 11.1. The standard InChI is InChI=1S/C11H14ClN3O4S2/c1-20(16,17)14-5-2-6-15-21(18,19)11-7-9(8-13)3-4-10(11)12/h3-4,7,14-15H,2,5-6H2,1H3. The van der Waals surface area contributed by atoms with Gasteiger partial charge in [-0.2, -0.15) is 5.26 Å². The van der Waals surface area contributed by atoms with Gasteiger partial charge in [-0.25, -0.2) is 26.3 Å². The lowest BCUT2D eigenvalue weighted by atomic mass is 10.2. The van der Waals surface area contributed by atoms with Crippen molar-refractivity contribution in [3.05, 3.63) is 28.8 Å². The van der Waals surface area contributed by atoms with Crippen molar-refractivity contribution in [2.75, 3.05) is 19.3 Å². The van der Waals surface area contributed by atoms with Crippen molar-refractivity contribution in [1.82, 2.24) is 9.44 Å². The number of rotatable bonds is 7. The van der Waals surface area contributed by atoms with E-state index < -0.39 is 20.0 Å². The molecule has 10 heteroatoms. The Morgan fingerprint density at radius 1 is 1.19 bits per heavy atom. The summed E-state index contributed by atoms with van der Waals surface area (Å²) >= 11 is 5.82. The largest absolute Gasteiger partial charge is 0.242 e. The van der Waals surface area contributed by atoms with E-state index in [-0.39, 0.29) is 35.0 Å². The van der Waals surface area contributed by atoms with Crippen LogP contribution in [-0.2, 0) is 20.0 Å². The smallest absolute Gasteiger partial charge is 0.215 e. The molecule has 116 valence electrons. The summed E-state index contributed by atoms with van der Waals surface area (Å²) in [6.45, 7) is 0.158. The predicted molar refractivity (Wildman–Crippen MR) is 78.8 cm³/mol. The molecule has 0 aliphatic rings. The molecule has 0 radical (unpaired) electrons. The van der Waals surface area contributed by atoms with Crippen LogP contribution in [0.4, 0.5) is 0 Å². The van der Waals surface area contributed by atoms with Crippen molar-refractivity contribution in [2.24, 2.45) is 0 Å². The number of nitriles is 1. The van der Waals surface area contributed by atoms with Crippen LogP contribution in [0.5, 0.6) is 0 Å². The maximum absolute atomic E-state index is 12.0. The van der Waals surface area contributed by atoms with E-state index in [1.165, 1.54) is 18.2 Å². The summed E-state index contributed by atoms with van der Waals surface area (Å²) in [6, 6.07) is 5.76. The summed E-state index contributed by atoms with van der Waals surface area (Å²) in [5, 5.41) is 8.78. The molecule has 0 aromatic heterocycles. The highest BCUT2D eigenvalue weighted by Gasteiger charge is 2.18. The minimum Gasteiger partial charge on any atom is -0.215 e. The van der Waals surface area contributed by atoms with Gasteiger partial charge >= 0.3 is 0 Å². The number of nitrogens with one attached hydrogen (secondary N) is 2. The first kappa shape index (κ1) is 17.9. The van der Waals surface area contributed by atoms with Crippen LogP contribution in [0, 0.1) is 11.3 Å². The Morgan fingerprint density at radius 3 is 2.38 bits per heavy atom. The third kappa shape index (κ3) is 5.99. The van der Waals surface area contributed by atoms with Gasteiger partial charge in [0.15, 0.2) is 0 Å². The second-order valence-corrected chi connectivity index (χ2v) is 8.15. The molecule has 0 spiro atoms. The van der Waals surface area contributed by atoms with Gasteiger partial charge in [-0.15, -0.1) is 0 Å². The van der Waals surface area contributed by atoms with Gasteiger partial charge in [0.1, 0.15) is 4.90 Å². The molecule has 0 amide bonds. The van der Waals surface area contributed by atoms with Crippen LogP contribution >= 0.6 is 11.6 Å². The maximum Gasteiger partial charge on any atom is 0.242 e. The summed E-state index contributed by atoms with van der Waals surface area (Å²) in [7, 11) is -7.14. The Kier molecular flexibility index (Phi) is 6.12. The summed E-state index contributed by atoms with van der Waals surface area (Å²) in [5.41, 5.74) is 0.179. The Hall–Kier alpha value is -1.18. The normalized spacial score (nSPS) is 12.0. The Morgan fingerprint density at radius 2 is 1.81 bits per heavy atom. The van der Waals surface area contributed by atoms with E-state index in [2.05, 4.69) is 9.44 Å². The fourth-order valence-electron chi connectivity index (χ4n) is 1.41. The van der Waals surface area contributed by atoms with Gasteiger partial charge in [-0.1, -0.05) is 11.6 Å². The van der Waals surface area contributed by atoms with Crippen molar-refractivity contribution in [3.8, 4) is 6.07 Å². The van der Waals surface area contributed by atoms with Gasteiger partial charge in [0.05, 0.1) is 22.9 Å². The molecule has 0 unspecified atom stereocenters. The minimum absolute atomic E-state index is 0.00996. The Balaban J connectivity index is 2.68. The fourth-order valence-corrected chi connectivity index (χ4v) is 3.52. The molecule has 7 nitrogen and oxygen atoms in total. The summed E-state index contributed by atoms with van der Waals surface area (Å²) in [6.07, 6.45) is 1.30. The van der Waals surface area contributed by atoms with Crippen LogP contribution in [0.3, 0.4) is 0 Å². The highest BCUT2D eigenvalue weighted by atomic mass is 35.5. The lowest BCUT2D eigenvalue weighted by molar-refractivity contribution is 0.575. The van der Waals surface area contributed by atoms with Crippen molar-refractivity contribution < 1.29 is 16.8 Å². The molecule has 0 saturated heterocycles. The minimum atomic E-state index is -3.85. The van der Waals surface area contributed by atoms with Crippen LogP contribution in [0.2, 0.25) is 5.02 Å². The van der Waals surface area contributed by atoms with Crippen LogP contribution in [0.15, 0.2) is 23.1 Å². The first-order chi connectivity index (χ1) is 9.65. The zero-order chi connectivity index (χ0) is 16.1. The topological polar surface area (TPSA) is 116 Å². The first-order valence-electron chi connectivity index (χ1n) is 5.80. The number of halogens is 1. The number of benzene rings is 1. The lowest BCUT2D eigenvalue weighted by Gasteiger charge is -2.08. The zero-order valence-corrected chi connectivity index (χ0v) is 13.5. The van der Waals surface area contributed by atoms with Gasteiger partial charge in [0, 0.05) is 13.1 Å². The molecule has 21 heavy (non-hydrogen) atoms. The van der Waals surface area contributed by atoms with Crippen molar-refractivity contribution in [3.63, 3.8) is 0 Å². The van der Waals surface area contributed by atoms with E-state index in [9.17, 15) is 16.8 Å².